The van der Waals surface area contributed by atoms with Gasteiger partial charge in [-0.15, -0.1) is 0 Å². The molecule has 1 atom stereocenters. The van der Waals surface area contributed by atoms with Gasteiger partial charge in [-0.05, 0) is 62.5 Å². The lowest BCUT2D eigenvalue weighted by Gasteiger charge is -2.20. The summed E-state index contributed by atoms with van der Waals surface area (Å²) in [5.41, 5.74) is 1.31. The van der Waals surface area contributed by atoms with Crippen LogP contribution in [0.25, 0.3) is 0 Å². The van der Waals surface area contributed by atoms with Gasteiger partial charge < -0.3 is 10.1 Å². The predicted octanol–water partition coefficient (Wildman–Crippen LogP) is 3.30. The SMILES string of the molecule is CCNCc1ccc(OCCN2CCCC(C)CC2)cc1. The van der Waals surface area contributed by atoms with Crippen LogP contribution in [0.5, 0.6) is 5.75 Å². The van der Waals surface area contributed by atoms with Crippen molar-refractivity contribution >= 4 is 0 Å². The van der Waals surface area contributed by atoms with Crippen molar-refractivity contribution in [3.05, 3.63) is 29.8 Å². The second kappa shape index (κ2) is 9.06. The molecule has 1 heterocycles. The Morgan fingerprint density at radius 1 is 1.19 bits per heavy atom. The lowest BCUT2D eigenvalue weighted by Crippen LogP contribution is -2.29. The van der Waals surface area contributed by atoms with Crippen LogP contribution < -0.4 is 10.1 Å². The lowest BCUT2D eigenvalue weighted by atomic mass is 10.0. The monoisotopic (exact) mass is 290 g/mol. The molecule has 1 aromatic carbocycles. The van der Waals surface area contributed by atoms with Crippen LogP contribution in [0.2, 0.25) is 0 Å². The van der Waals surface area contributed by atoms with Gasteiger partial charge in [0.15, 0.2) is 0 Å². The zero-order chi connectivity index (χ0) is 14.9. The van der Waals surface area contributed by atoms with Crippen molar-refractivity contribution in [1.82, 2.24) is 10.2 Å². The van der Waals surface area contributed by atoms with Crippen molar-refractivity contribution in [3.8, 4) is 5.75 Å². The highest BCUT2D eigenvalue weighted by Gasteiger charge is 2.13. The molecule has 0 bridgehead atoms. The number of rotatable bonds is 7. The molecule has 118 valence electrons. The summed E-state index contributed by atoms with van der Waals surface area (Å²) < 4.78 is 5.87. The minimum Gasteiger partial charge on any atom is -0.492 e. The molecule has 0 radical (unpaired) electrons. The molecule has 1 aromatic rings. The highest BCUT2D eigenvalue weighted by molar-refractivity contribution is 5.27. The summed E-state index contributed by atoms with van der Waals surface area (Å²) in [7, 11) is 0. The minimum absolute atomic E-state index is 0.793. The van der Waals surface area contributed by atoms with E-state index in [1.807, 2.05) is 0 Å². The van der Waals surface area contributed by atoms with E-state index >= 15 is 0 Å². The van der Waals surface area contributed by atoms with Gasteiger partial charge in [0.05, 0.1) is 0 Å². The first kappa shape index (κ1) is 16.3. The van der Waals surface area contributed by atoms with E-state index in [4.69, 9.17) is 4.74 Å². The Bertz CT molecular complexity index is 391. The molecule has 3 nitrogen and oxygen atoms in total. The molecular weight excluding hydrogens is 260 g/mol. The van der Waals surface area contributed by atoms with Crippen molar-refractivity contribution in [1.29, 1.82) is 0 Å². The number of ether oxygens (including phenoxy) is 1. The van der Waals surface area contributed by atoms with Crippen molar-refractivity contribution in [3.63, 3.8) is 0 Å². The third kappa shape index (κ3) is 6.06. The summed E-state index contributed by atoms with van der Waals surface area (Å²) in [5, 5.41) is 3.33. The van der Waals surface area contributed by atoms with Crippen molar-refractivity contribution in [2.75, 3.05) is 32.8 Å². The van der Waals surface area contributed by atoms with Gasteiger partial charge in [-0.3, -0.25) is 4.90 Å². The van der Waals surface area contributed by atoms with E-state index in [0.717, 1.165) is 37.9 Å². The fraction of sp³-hybridized carbons (Fsp3) is 0.667. The molecule has 1 unspecified atom stereocenters. The fourth-order valence-corrected chi connectivity index (χ4v) is 2.81. The standard InChI is InChI=1S/C18H30N2O/c1-3-19-15-17-6-8-18(9-7-17)21-14-13-20-11-4-5-16(2)10-12-20/h6-9,16,19H,3-5,10-15H2,1-2H3. The van der Waals surface area contributed by atoms with Crippen LogP contribution in [0.1, 0.15) is 38.7 Å². The van der Waals surface area contributed by atoms with E-state index in [1.54, 1.807) is 0 Å². The van der Waals surface area contributed by atoms with Crippen LogP contribution in [-0.4, -0.2) is 37.7 Å². The quantitative estimate of drug-likeness (QED) is 0.834. The number of nitrogens with one attached hydrogen (secondary N) is 1. The van der Waals surface area contributed by atoms with Gasteiger partial charge in [-0.2, -0.15) is 0 Å². The molecule has 1 aliphatic rings. The van der Waals surface area contributed by atoms with E-state index in [-0.39, 0.29) is 0 Å². The second-order valence-corrected chi connectivity index (χ2v) is 6.15. The largest absolute Gasteiger partial charge is 0.492 e. The van der Waals surface area contributed by atoms with Crippen molar-refractivity contribution in [2.45, 2.75) is 39.7 Å². The Balaban J connectivity index is 1.68. The highest BCUT2D eigenvalue weighted by atomic mass is 16.5. The van der Waals surface area contributed by atoms with Crippen LogP contribution in [0.4, 0.5) is 0 Å². The summed E-state index contributed by atoms with van der Waals surface area (Å²) >= 11 is 0. The fourth-order valence-electron chi connectivity index (χ4n) is 2.81. The molecule has 21 heavy (non-hydrogen) atoms. The van der Waals surface area contributed by atoms with E-state index in [2.05, 4.69) is 48.3 Å². The molecule has 0 spiro atoms. The molecule has 1 N–H and O–H groups in total. The molecule has 0 saturated carbocycles. The highest BCUT2D eigenvalue weighted by Crippen LogP contribution is 2.16. The van der Waals surface area contributed by atoms with Crippen LogP contribution in [0.15, 0.2) is 24.3 Å². The molecule has 2 rings (SSSR count). The third-order valence-electron chi connectivity index (χ3n) is 4.29. The van der Waals surface area contributed by atoms with Crippen molar-refractivity contribution in [2.24, 2.45) is 5.92 Å². The Labute approximate surface area is 129 Å². The van der Waals surface area contributed by atoms with Gasteiger partial charge in [0.25, 0.3) is 0 Å². The smallest absolute Gasteiger partial charge is 0.119 e. The topological polar surface area (TPSA) is 24.5 Å². The van der Waals surface area contributed by atoms with E-state index in [1.165, 1.54) is 37.9 Å². The summed E-state index contributed by atoms with van der Waals surface area (Å²) in [6.45, 7) is 10.7. The Morgan fingerprint density at radius 2 is 2.00 bits per heavy atom. The van der Waals surface area contributed by atoms with Crippen LogP contribution in [0, 0.1) is 5.92 Å². The summed E-state index contributed by atoms with van der Waals surface area (Å²) in [5.74, 6) is 1.87. The van der Waals surface area contributed by atoms with E-state index in [0.29, 0.717) is 0 Å². The van der Waals surface area contributed by atoms with Gasteiger partial charge in [-0.1, -0.05) is 26.0 Å². The predicted molar refractivity (Wildman–Crippen MR) is 88.8 cm³/mol. The van der Waals surface area contributed by atoms with Crippen LogP contribution in [0.3, 0.4) is 0 Å². The molecule has 1 fully saturated rings. The Hall–Kier alpha value is -1.06. The van der Waals surface area contributed by atoms with Crippen LogP contribution in [-0.2, 0) is 6.54 Å². The molecule has 0 aromatic heterocycles. The summed E-state index contributed by atoms with van der Waals surface area (Å²) in [6.07, 6.45) is 4.05. The average Bonchev–Trinajstić information content (AvgIpc) is 2.71. The van der Waals surface area contributed by atoms with E-state index in [9.17, 15) is 0 Å². The normalized spacial score (nSPS) is 20.2. The first-order chi connectivity index (χ1) is 10.3. The number of hydrogen-bond donors (Lipinski definition) is 1. The van der Waals surface area contributed by atoms with Gasteiger partial charge in [0.1, 0.15) is 12.4 Å². The van der Waals surface area contributed by atoms with Crippen molar-refractivity contribution < 1.29 is 4.74 Å². The van der Waals surface area contributed by atoms with Gasteiger partial charge in [0.2, 0.25) is 0 Å². The minimum atomic E-state index is 0.793. The number of benzene rings is 1. The molecule has 3 heteroatoms. The Kier molecular flexibility index (Phi) is 7.04. The zero-order valence-electron chi connectivity index (χ0n) is 13.6. The van der Waals surface area contributed by atoms with Gasteiger partial charge in [0, 0.05) is 13.1 Å². The lowest BCUT2D eigenvalue weighted by molar-refractivity contribution is 0.212. The first-order valence-electron chi connectivity index (χ1n) is 8.42. The molecule has 0 aliphatic carbocycles. The maximum Gasteiger partial charge on any atom is 0.119 e. The maximum atomic E-state index is 5.87. The first-order valence-corrected chi connectivity index (χ1v) is 8.42. The maximum absolute atomic E-state index is 5.87. The number of likely N-dealkylation sites (tertiary alicyclic amines) is 1. The number of hydrogen-bond acceptors (Lipinski definition) is 3. The zero-order valence-corrected chi connectivity index (χ0v) is 13.6. The third-order valence-corrected chi connectivity index (χ3v) is 4.29. The van der Waals surface area contributed by atoms with Gasteiger partial charge in [-0.25, -0.2) is 0 Å². The molecule has 1 saturated heterocycles. The molecule has 0 amide bonds. The van der Waals surface area contributed by atoms with E-state index < -0.39 is 0 Å². The van der Waals surface area contributed by atoms with Gasteiger partial charge >= 0.3 is 0 Å². The molecule has 1 aliphatic heterocycles. The van der Waals surface area contributed by atoms with Crippen LogP contribution >= 0.6 is 0 Å². The second-order valence-electron chi connectivity index (χ2n) is 6.15. The summed E-state index contributed by atoms with van der Waals surface area (Å²) in [6, 6.07) is 8.45. The summed E-state index contributed by atoms with van der Waals surface area (Å²) in [4.78, 5) is 2.54. The molecular formula is C18H30N2O. The number of nitrogens with zero attached hydrogens (tertiary/aromatic N) is 1. The Morgan fingerprint density at radius 3 is 2.76 bits per heavy atom. The average molecular weight is 290 g/mol.